The Kier molecular flexibility index (Phi) is 8.34. The van der Waals surface area contributed by atoms with Crippen molar-refractivity contribution in [3.05, 3.63) is 71.8 Å². The summed E-state index contributed by atoms with van der Waals surface area (Å²) < 4.78 is 44.1. The summed E-state index contributed by atoms with van der Waals surface area (Å²) in [4.78, 5) is 10.6. The monoisotopic (exact) mass is 425 g/mol. The first-order chi connectivity index (χ1) is 13.7. The zero-order valence-corrected chi connectivity index (χ0v) is 17.2. The van der Waals surface area contributed by atoms with Gasteiger partial charge in [0.25, 0.3) is 0 Å². The van der Waals surface area contributed by atoms with Crippen molar-refractivity contribution in [3.63, 3.8) is 0 Å². The van der Waals surface area contributed by atoms with Crippen LogP contribution >= 0.6 is 7.82 Å². The smallest absolute Gasteiger partial charge is 0.465 e. The van der Waals surface area contributed by atoms with Gasteiger partial charge in [-0.2, -0.15) is 0 Å². The van der Waals surface area contributed by atoms with E-state index in [1.165, 1.54) is 13.8 Å². The van der Waals surface area contributed by atoms with Crippen LogP contribution in [-0.4, -0.2) is 29.5 Å². The summed E-state index contributed by atoms with van der Waals surface area (Å²) in [6.07, 6.45) is -3.15. The van der Waals surface area contributed by atoms with E-state index in [9.17, 15) is 13.8 Å². The number of rotatable bonds is 11. The van der Waals surface area contributed by atoms with Crippen LogP contribution < -0.4 is 5.32 Å². The Hall–Kier alpha value is -2.25. The normalized spacial score (nSPS) is 13.1. The number of nitrogens with one attached hydrogen (secondary N) is 1. The minimum absolute atomic E-state index is 0.0622. The quantitative estimate of drug-likeness (QED) is 0.496. The lowest BCUT2D eigenvalue weighted by Crippen LogP contribution is -2.43. The van der Waals surface area contributed by atoms with E-state index in [4.69, 9.17) is 18.7 Å². The molecule has 1 atom stereocenters. The van der Waals surface area contributed by atoms with Crippen molar-refractivity contribution in [2.24, 2.45) is 0 Å². The molecule has 0 heterocycles. The third-order valence-electron chi connectivity index (χ3n) is 4.00. The molecule has 0 fully saturated rings. The number of carbonyl (C=O) groups is 1. The summed E-state index contributed by atoms with van der Waals surface area (Å²) in [5.41, 5.74) is -0.158. The van der Waals surface area contributed by atoms with Crippen molar-refractivity contribution in [2.75, 3.05) is 6.54 Å². The molecule has 1 unspecified atom stereocenters. The van der Waals surface area contributed by atoms with Gasteiger partial charge in [0.05, 0.1) is 19.8 Å². The molecule has 0 radical (unpaired) electrons. The predicted molar refractivity (Wildman–Crippen MR) is 106 cm³/mol. The van der Waals surface area contributed by atoms with Crippen LogP contribution in [0, 0.1) is 0 Å². The Morgan fingerprint density at radius 3 is 1.90 bits per heavy atom. The van der Waals surface area contributed by atoms with Crippen molar-refractivity contribution in [1.29, 1.82) is 0 Å². The molecule has 0 saturated heterocycles. The zero-order chi connectivity index (χ0) is 21.3. The number of benzene rings is 2. The van der Waals surface area contributed by atoms with E-state index in [1.54, 1.807) is 48.5 Å². The molecule has 0 bridgehead atoms. The summed E-state index contributed by atoms with van der Waals surface area (Å²) in [5.74, 6) is 0. The largest absolute Gasteiger partial charge is 0.476 e. The van der Waals surface area contributed by atoms with Crippen LogP contribution in [0.2, 0.25) is 0 Å². The highest BCUT2D eigenvalue weighted by Gasteiger charge is 2.41. The molecule has 0 aliphatic rings. The Morgan fingerprint density at radius 2 is 1.48 bits per heavy atom. The standard InChI is InChI=1S/C20H25FNO6P/c1-20(2,18(21)13-22-19(23)24)28-29(25,26-14-16-9-5-3-6-10-16)27-15-17-11-7-4-8-12-17/h3-12,18,22H,13-15H2,1-2H3,(H,23,24). The molecular formula is C20H25FNO6P. The summed E-state index contributed by atoms with van der Waals surface area (Å²) in [7, 11) is -4.19. The molecule has 2 N–H and O–H groups in total. The maximum absolute atomic E-state index is 14.5. The van der Waals surface area contributed by atoms with Gasteiger partial charge in [-0.05, 0) is 25.0 Å². The number of halogens is 1. The van der Waals surface area contributed by atoms with Crippen molar-refractivity contribution in [3.8, 4) is 0 Å². The molecule has 0 spiro atoms. The van der Waals surface area contributed by atoms with E-state index in [-0.39, 0.29) is 13.2 Å². The fraction of sp³-hybridized carbons (Fsp3) is 0.350. The zero-order valence-electron chi connectivity index (χ0n) is 16.3. The highest BCUT2D eigenvalue weighted by molar-refractivity contribution is 7.48. The highest BCUT2D eigenvalue weighted by atomic mass is 31.2. The van der Waals surface area contributed by atoms with Gasteiger partial charge in [-0.1, -0.05) is 60.7 Å². The van der Waals surface area contributed by atoms with Crippen LogP contribution in [0.4, 0.5) is 9.18 Å². The number of hydrogen-bond acceptors (Lipinski definition) is 5. The van der Waals surface area contributed by atoms with Gasteiger partial charge in [0.15, 0.2) is 0 Å². The van der Waals surface area contributed by atoms with Crippen LogP contribution in [0.5, 0.6) is 0 Å². The molecule has 158 valence electrons. The number of phosphoric ester groups is 1. The molecule has 29 heavy (non-hydrogen) atoms. The minimum Gasteiger partial charge on any atom is -0.465 e. The van der Waals surface area contributed by atoms with Crippen LogP contribution in [0.25, 0.3) is 0 Å². The Labute approximate surface area is 169 Å². The van der Waals surface area contributed by atoms with Gasteiger partial charge < -0.3 is 10.4 Å². The third kappa shape index (κ3) is 7.95. The number of carboxylic acid groups (broad SMARTS) is 1. The molecule has 0 aromatic heterocycles. The molecule has 0 aliphatic heterocycles. The number of phosphoric acid groups is 1. The molecule has 2 aromatic carbocycles. The average Bonchev–Trinajstić information content (AvgIpc) is 2.70. The molecule has 9 heteroatoms. The van der Waals surface area contributed by atoms with E-state index in [0.29, 0.717) is 0 Å². The fourth-order valence-corrected chi connectivity index (χ4v) is 3.80. The molecule has 1 amide bonds. The lowest BCUT2D eigenvalue weighted by molar-refractivity contribution is -0.0221. The van der Waals surface area contributed by atoms with Crippen molar-refractivity contribution >= 4 is 13.9 Å². The molecule has 2 rings (SSSR count). The third-order valence-corrected chi connectivity index (χ3v) is 5.58. The minimum atomic E-state index is -4.19. The van der Waals surface area contributed by atoms with Gasteiger partial charge >= 0.3 is 13.9 Å². The van der Waals surface area contributed by atoms with E-state index in [1.807, 2.05) is 17.4 Å². The summed E-state index contributed by atoms with van der Waals surface area (Å²) in [5, 5.41) is 10.6. The van der Waals surface area contributed by atoms with Crippen molar-refractivity contribution in [2.45, 2.75) is 38.8 Å². The van der Waals surface area contributed by atoms with Crippen LogP contribution in [0.3, 0.4) is 0 Å². The van der Waals surface area contributed by atoms with Gasteiger partial charge in [0, 0.05) is 0 Å². The van der Waals surface area contributed by atoms with E-state index < -0.39 is 32.2 Å². The van der Waals surface area contributed by atoms with E-state index in [0.717, 1.165) is 11.1 Å². The highest BCUT2D eigenvalue weighted by Crippen LogP contribution is 2.54. The maximum atomic E-state index is 14.5. The predicted octanol–water partition coefficient (Wildman–Crippen LogP) is 4.93. The van der Waals surface area contributed by atoms with Crippen LogP contribution in [0.15, 0.2) is 60.7 Å². The topological polar surface area (TPSA) is 94.1 Å². The van der Waals surface area contributed by atoms with Crippen molar-refractivity contribution < 1.29 is 32.4 Å². The Bertz CT molecular complexity index is 771. The second-order valence-corrected chi connectivity index (χ2v) is 8.41. The number of alkyl halides is 1. The van der Waals surface area contributed by atoms with Gasteiger partial charge in [0.1, 0.15) is 11.8 Å². The molecule has 0 saturated carbocycles. The number of amides is 1. The Balaban J connectivity index is 2.11. The van der Waals surface area contributed by atoms with E-state index >= 15 is 0 Å². The fourth-order valence-electron chi connectivity index (χ4n) is 2.31. The molecule has 2 aromatic rings. The average molecular weight is 425 g/mol. The number of hydrogen-bond donors (Lipinski definition) is 2. The van der Waals surface area contributed by atoms with Gasteiger partial charge in [0.2, 0.25) is 0 Å². The van der Waals surface area contributed by atoms with E-state index in [2.05, 4.69) is 0 Å². The maximum Gasteiger partial charge on any atom is 0.476 e. The van der Waals surface area contributed by atoms with Crippen LogP contribution in [0.1, 0.15) is 25.0 Å². The lowest BCUT2D eigenvalue weighted by atomic mass is 10.0. The summed E-state index contributed by atoms with van der Waals surface area (Å²) in [6.45, 7) is 2.05. The van der Waals surface area contributed by atoms with Gasteiger partial charge in [-0.3, -0.25) is 13.6 Å². The first kappa shape index (κ1) is 23.0. The van der Waals surface area contributed by atoms with Crippen LogP contribution in [-0.2, 0) is 31.4 Å². The second kappa shape index (κ2) is 10.5. The summed E-state index contributed by atoms with van der Waals surface area (Å²) in [6, 6.07) is 18.0. The van der Waals surface area contributed by atoms with Crippen molar-refractivity contribution in [1.82, 2.24) is 5.32 Å². The first-order valence-electron chi connectivity index (χ1n) is 8.99. The lowest BCUT2D eigenvalue weighted by Gasteiger charge is -2.32. The molecule has 7 nitrogen and oxygen atoms in total. The first-order valence-corrected chi connectivity index (χ1v) is 10.4. The van der Waals surface area contributed by atoms with Gasteiger partial charge in [-0.25, -0.2) is 13.8 Å². The molecular weight excluding hydrogens is 400 g/mol. The molecule has 0 aliphatic carbocycles. The SMILES string of the molecule is CC(C)(OP(=O)(OCc1ccccc1)OCc1ccccc1)C(F)CNC(=O)O. The Morgan fingerprint density at radius 1 is 1.03 bits per heavy atom. The second-order valence-electron chi connectivity index (χ2n) is 6.81. The van der Waals surface area contributed by atoms with Gasteiger partial charge in [-0.15, -0.1) is 0 Å². The summed E-state index contributed by atoms with van der Waals surface area (Å²) >= 11 is 0.